The Hall–Kier alpha value is -2.06. The Morgan fingerprint density at radius 1 is 1.30 bits per heavy atom. The number of hydrogen-bond acceptors (Lipinski definition) is 4. The van der Waals surface area contributed by atoms with Crippen molar-refractivity contribution in [1.82, 2.24) is 0 Å². The van der Waals surface area contributed by atoms with E-state index in [9.17, 15) is 13.2 Å². The fraction of sp³-hybridized carbons (Fsp3) is 0.316. The van der Waals surface area contributed by atoms with E-state index in [0.29, 0.717) is 34.5 Å². The standard InChI is InChI=1S/C19H21BrN2O4S/c1-3-26-17-9-8-13(20)11-18(17)27(24,25)22-12(2)10-15(19(21)23)14-6-4-5-7-16(14)22/h4-9,11-12,15H,3,10H2,1-2H3,(H2,21,23). The van der Waals surface area contributed by atoms with Crippen molar-refractivity contribution >= 4 is 37.5 Å². The van der Waals surface area contributed by atoms with Gasteiger partial charge in [0.25, 0.3) is 10.0 Å². The third-order valence-corrected chi connectivity index (χ3v) is 7.06. The molecule has 2 atom stereocenters. The van der Waals surface area contributed by atoms with Gasteiger partial charge in [0.05, 0.1) is 18.2 Å². The van der Waals surface area contributed by atoms with Crippen molar-refractivity contribution in [3.05, 3.63) is 52.5 Å². The van der Waals surface area contributed by atoms with Crippen molar-refractivity contribution in [3.63, 3.8) is 0 Å². The molecule has 1 aliphatic rings. The molecule has 0 fully saturated rings. The first kappa shape index (κ1) is 19.7. The maximum absolute atomic E-state index is 13.6. The van der Waals surface area contributed by atoms with Crippen LogP contribution in [0.2, 0.25) is 0 Å². The summed E-state index contributed by atoms with van der Waals surface area (Å²) < 4.78 is 34.7. The molecular formula is C19H21BrN2O4S. The molecule has 0 saturated heterocycles. The van der Waals surface area contributed by atoms with Crippen LogP contribution in [0.5, 0.6) is 5.75 Å². The second-order valence-corrected chi connectivity index (χ2v) is 9.12. The summed E-state index contributed by atoms with van der Waals surface area (Å²) in [6.07, 6.45) is 0.323. The normalized spacial score (nSPS) is 19.4. The van der Waals surface area contributed by atoms with Gasteiger partial charge in [-0.25, -0.2) is 8.42 Å². The van der Waals surface area contributed by atoms with E-state index in [0.717, 1.165) is 0 Å². The summed E-state index contributed by atoms with van der Waals surface area (Å²) >= 11 is 3.34. The van der Waals surface area contributed by atoms with E-state index in [4.69, 9.17) is 10.5 Å². The Kier molecular flexibility index (Phi) is 5.48. The molecular weight excluding hydrogens is 432 g/mol. The first-order valence-electron chi connectivity index (χ1n) is 8.62. The van der Waals surface area contributed by atoms with E-state index in [1.807, 2.05) is 0 Å². The van der Waals surface area contributed by atoms with Crippen LogP contribution in [0.4, 0.5) is 5.69 Å². The number of primary amides is 1. The number of para-hydroxylation sites is 1. The van der Waals surface area contributed by atoms with E-state index in [1.54, 1.807) is 50.2 Å². The maximum atomic E-state index is 13.6. The number of hydrogen-bond donors (Lipinski definition) is 1. The number of halogens is 1. The van der Waals surface area contributed by atoms with Crippen molar-refractivity contribution in [2.45, 2.75) is 37.1 Å². The SMILES string of the molecule is CCOc1ccc(Br)cc1S(=O)(=O)N1c2ccccc2C(C(N)=O)CC1C. The van der Waals surface area contributed by atoms with Gasteiger partial charge < -0.3 is 10.5 Å². The van der Waals surface area contributed by atoms with E-state index >= 15 is 0 Å². The fourth-order valence-corrected chi connectivity index (χ4v) is 5.85. The Balaban J connectivity index is 2.19. The summed E-state index contributed by atoms with van der Waals surface area (Å²) in [5.41, 5.74) is 6.66. The highest BCUT2D eigenvalue weighted by atomic mass is 79.9. The predicted octanol–water partition coefficient (Wildman–Crippen LogP) is 3.40. The first-order chi connectivity index (χ1) is 12.8. The van der Waals surface area contributed by atoms with Gasteiger partial charge in [-0.1, -0.05) is 34.1 Å². The molecule has 2 aromatic carbocycles. The number of carbonyl (C=O) groups excluding carboxylic acids is 1. The Morgan fingerprint density at radius 2 is 2.00 bits per heavy atom. The highest BCUT2D eigenvalue weighted by Gasteiger charge is 2.40. The molecule has 0 saturated carbocycles. The molecule has 0 spiro atoms. The summed E-state index contributed by atoms with van der Waals surface area (Å²) in [5.74, 6) is -0.678. The molecule has 6 nitrogen and oxygen atoms in total. The van der Waals surface area contributed by atoms with Crippen molar-refractivity contribution < 1.29 is 17.9 Å². The summed E-state index contributed by atoms with van der Waals surface area (Å²) in [5, 5.41) is 0. The van der Waals surface area contributed by atoms with Gasteiger partial charge in [-0.3, -0.25) is 9.10 Å². The maximum Gasteiger partial charge on any atom is 0.268 e. The number of nitrogens with two attached hydrogens (primary N) is 1. The highest BCUT2D eigenvalue weighted by molar-refractivity contribution is 9.10. The molecule has 2 aromatic rings. The smallest absolute Gasteiger partial charge is 0.268 e. The number of anilines is 1. The molecule has 144 valence electrons. The monoisotopic (exact) mass is 452 g/mol. The van der Waals surface area contributed by atoms with Crippen molar-refractivity contribution in [1.29, 1.82) is 0 Å². The van der Waals surface area contributed by atoms with Crippen LogP contribution >= 0.6 is 15.9 Å². The number of rotatable bonds is 5. The van der Waals surface area contributed by atoms with Crippen LogP contribution in [-0.4, -0.2) is 27.0 Å². The molecule has 1 heterocycles. The zero-order chi connectivity index (χ0) is 19.8. The van der Waals surface area contributed by atoms with Gasteiger partial charge in [-0.2, -0.15) is 0 Å². The highest BCUT2D eigenvalue weighted by Crippen LogP contribution is 2.42. The number of amides is 1. The van der Waals surface area contributed by atoms with E-state index in [2.05, 4.69) is 15.9 Å². The van der Waals surface area contributed by atoms with Crippen LogP contribution in [0.1, 0.15) is 31.7 Å². The molecule has 0 radical (unpaired) electrons. The van der Waals surface area contributed by atoms with Crippen LogP contribution < -0.4 is 14.8 Å². The number of carbonyl (C=O) groups is 1. The largest absolute Gasteiger partial charge is 0.492 e. The number of fused-ring (bicyclic) bond motifs is 1. The van der Waals surface area contributed by atoms with E-state index in [-0.39, 0.29) is 4.90 Å². The summed E-state index contributed by atoms with van der Waals surface area (Å²) in [6, 6.07) is 11.5. The molecule has 3 rings (SSSR count). The lowest BCUT2D eigenvalue weighted by molar-refractivity contribution is -0.119. The van der Waals surface area contributed by atoms with Crippen LogP contribution in [0.15, 0.2) is 51.8 Å². The molecule has 2 N–H and O–H groups in total. The Morgan fingerprint density at radius 3 is 2.67 bits per heavy atom. The number of benzene rings is 2. The second kappa shape index (κ2) is 7.52. The summed E-state index contributed by atoms with van der Waals surface area (Å²) in [7, 11) is -3.92. The molecule has 0 bridgehead atoms. The second-order valence-electron chi connectivity index (χ2n) is 6.42. The molecule has 0 aliphatic carbocycles. The van der Waals surface area contributed by atoms with Gasteiger partial charge >= 0.3 is 0 Å². The minimum absolute atomic E-state index is 0.0814. The van der Waals surface area contributed by atoms with Crippen molar-refractivity contribution in [2.75, 3.05) is 10.9 Å². The molecule has 0 aromatic heterocycles. The van der Waals surface area contributed by atoms with Crippen LogP contribution in [0, 0.1) is 0 Å². The Bertz CT molecular complexity index is 977. The quantitative estimate of drug-likeness (QED) is 0.752. The molecule has 27 heavy (non-hydrogen) atoms. The number of ether oxygens (including phenoxy) is 1. The van der Waals surface area contributed by atoms with Crippen LogP contribution in [-0.2, 0) is 14.8 Å². The third-order valence-electron chi connectivity index (χ3n) is 4.61. The van der Waals surface area contributed by atoms with Gasteiger partial charge in [0.15, 0.2) is 0 Å². The Labute approximate surface area is 167 Å². The van der Waals surface area contributed by atoms with E-state index < -0.39 is 27.9 Å². The lowest BCUT2D eigenvalue weighted by Crippen LogP contribution is -2.45. The number of nitrogens with zero attached hydrogens (tertiary/aromatic N) is 1. The van der Waals surface area contributed by atoms with Crippen LogP contribution in [0.3, 0.4) is 0 Å². The topological polar surface area (TPSA) is 89.7 Å². The van der Waals surface area contributed by atoms with Gasteiger partial charge in [-0.05, 0) is 50.1 Å². The molecule has 2 unspecified atom stereocenters. The summed E-state index contributed by atoms with van der Waals surface area (Å²) in [6.45, 7) is 3.93. The average Bonchev–Trinajstić information content (AvgIpc) is 2.62. The summed E-state index contributed by atoms with van der Waals surface area (Å²) in [4.78, 5) is 12.0. The minimum Gasteiger partial charge on any atom is -0.492 e. The molecule has 1 aliphatic heterocycles. The zero-order valence-corrected chi connectivity index (χ0v) is 17.5. The van der Waals surface area contributed by atoms with Gasteiger partial charge in [0.1, 0.15) is 10.6 Å². The van der Waals surface area contributed by atoms with Gasteiger partial charge in [0, 0.05) is 10.5 Å². The molecule has 8 heteroatoms. The zero-order valence-electron chi connectivity index (χ0n) is 15.1. The fourth-order valence-electron chi connectivity index (χ4n) is 3.48. The predicted molar refractivity (Wildman–Crippen MR) is 107 cm³/mol. The lowest BCUT2D eigenvalue weighted by atomic mass is 9.87. The first-order valence-corrected chi connectivity index (χ1v) is 10.9. The van der Waals surface area contributed by atoms with Gasteiger partial charge in [-0.15, -0.1) is 0 Å². The third kappa shape index (κ3) is 3.55. The lowest BCUT2D eigenvalue weighted by Gasteiger charge is -2.39. The van der Waals surface area contributed by atoms with E-state index in [1.165, 1.54) is 10.4 Å². The number of sulfonamides is 1. The van der Waals surface area contributed by atoms with Crippen molar-refractivity contribution in [3.8, 4) is 5.75 Å². The molecule has 1 amide bonds. The average molecular weight is 453 g/mol. The minimum atomic E-state index is -3.92. The van der Waals surface area contributed by atoms with Crippen molar-refractivity contribution in [2.24, 2.45) is 5.73 Å². The van der Waals surface area contributed by atoms with Gasteiger partial charge in [0.2, 0.25) is 5.91 Å². The van der Waals surface area contributed by atoms with Crippen LogP contribution in [0.25, 0.3) is 0 Å².